The highest BCUT2D eigenvalue weighted by Crippen LogP contribution is 2.39. The highest BCUT2D eigenvalue weighted by molar-refractivity contribution is 7.90. The Labute approximate surface area is 222 Å². The van der Waals surface area contributed by atoms with Crippen LogP contribution in [0.5, 0.6) is 5.75 Å². The summed E-state index contributed by atoms with van der Waals surface area (Å²) < 4.78 is 34.2. The molecule has 190 valence electrons. The van der Waals surface area contributed by atoms with Gasteiger partial charge in [-0.25, -0.2) is 12.4 Å². The lowest BCUT2D eigenvalue weighted by Crippen LogP contribution is -2.18. The zero-order valence-corrected chi connectivity index (χ0v) is 22.0. The minimum absolute atomic E-state index is 0.0471. The molecule has 0 bridgehead atoms. The highest BCUT2D eigenvalue weighted by atomic mass is 32.2. The Kier molecular flexibility index (Phi) is 6.00. The number of hydrazone groups is 1. The van der Waals surface area contributed by atoms with Crippen LogP contribution in [0.2, 0.25) is 0 Å². The maximum absolute atomic E-state index is 13.7. The van der Waals surface area contributed by atoms with Gasteiger partial charge in [-0.2, -0.15) is 5.10 Å². The van der Waals surface area contributed by atoms with Gasteiger partial charge in [-0.1, -0.05) is 66.2 Å². The number of benzene rings is 4. The van der Waals surface area contributed by atoms with Crippen LogP contribution >= 0.6 is 0 Å². The quantitative estimate of drug-likeness (QED) is 0.254. The number of rotatable bonds is 6. The van der Waals surface area contributed by atoms with Gasteiger partial charge in [-0.3, -0.25) is 5.01 Å². The number of aromatic nitrogens is 1. The molecule has 1 aliphatic rings. The molecule has 0 aliphatic carbocycles. The standard InChI is InChI=1S/C31H27N3O3S/c1-22-12-18-26(19-13-22)38(35,36)33-21-28(27-10-6-7-11-30(27)33)29-20-31(23-14-16-25(37-2)17-15-23)34(32-29)24-8-4-3-5-9-24/h3-19,21,31H,20H2,1-2H3. The lowest BCUT2D eigenvalue weighted by atomic mass is 9.98. The summed E-state index contributed by atoms with van der Waals surface area (Å²) in [6.45, 7) is 1.94. The van der Waals surface area contributed by atoms with Crippen molar-refractivity contribution in [2.24, 2.45) is 5.10 Å². The van der Waals surface area contributed by atoms with E-state index in [9.17, 15) is 8.42 Å². The Morgan fingerprint density at radius 2 is 1.53 bits per heavy atom. The van der Waals surface area contributed by atoms with Gasteiger partial charge in [0, 0.05) is 23.6 Å². The molecule has 0 radical (unpaired) electrons. The Morgan fingerprint density at radius 3 is 2.24 bits per heavy atom. The largest absolute Gasteiger partial charge is 0.497 e. The van der Waals surface area contributed by atoms with Crippen LogP contribution in [0.4, 0.5) is 5.69 Å². The summed E-state index contributed by atoms with van der Waals surface area (Å²) in [7, 11) is -2.14. The number of para-hydroxylation sites is 2. The van der Waals surface area contributed by atoms with E-state index in [4.69, 9.17) is 9.84 Å². The molecule has 0 fully saturated rings. The van der Waals surface area contributed by atoms with E-state index in [1.807, 2.05) is 90.8 Å². The SMILES string of the molecule is COc1ccc(C2CC(c3cn(S(=O)(=O)c4ccc(C)cc4)c4ccccc34)=NN2c2ccccc2)cc1. The topological polar surface area (TPSA) is 63.9 Å². The van der Waals surface area contributed by atoms with Gasteiger partial charge in [-0.15, -0.1) is 0 Å². The summed E-state index contributed by atoms with van der Waals surface area (Å²) in [6.07, 6.45) is 2.35. The number of anilines is 1. The molecular formula is C31H27N3O3S. The van der Waals surface area contributed by atoms with Gasteiger partial charge in [0.2, 0.25) is 0 Å². The molecule has 4 aromatic carbocycles. The predicted molar refractivity (Wildman–Crippen MR) is 152 cm³/mol. The first-order valence-electron chi connectivity index (χ1n) is 12.4. The third-order valence-corrected chi connectivity index (χ3v) is 8.69. The minimum Gasteiger partial charge on any atom is -0.497 e. The fourth-order valence-electron chi connectivity index (χ4n) is 4.98. The minimum atomic E-state index is -3.80. The summed E-state index contributed by atoms with van der Waals surface area (Å²) in [5, 5.41) is 7.95. The summed E-state index contributed by atoms with van der Waals surface area (Å²) >= 11 is 0. The van der Waals surface area contributed by atoms with Crippen LogP contribution < -0.4 is 9.75 Å². The number of nitrogens with zero attached hydrogens (tertiary/aromatic N) is 3. The average molecular weight is 522 g/mol. The van der Waals surface area contributed by atoms with Crippen molar-refractivity contribution >= 4 is 32.3 Å². The number of ether oxygens (including phenoxy) is 1. The fraction of sp³-hybridized carbons (Fsp3) is 0.129. The molecule has 2 heterocycles. The van der Waals surface area contributed by atoms with Crippen LogP contribution in [0, 0.1) is 6.92 Å². The first kappa shape index (κ1) is 24.0. The highest BCUT2D eigenvalue weighted by Gasteiger charge is 2.32. The molecule has 0 N–H and O–H groups in total. The zero-order valence-electron chi connectivity index (χ0n) is 21.2. The Morgan fingerprint density at radius 1 is 0.842 bits per heavy atom. The molecule has 38 heavy (non-hydrogen) atoms. The summed E-state index contributed by atoms with van der Waals surface area (Å²) in [4.78, 5) is 0.255. The maximum atomic E-state index is 13.7. The van der Waals surface area contributed by atoms with Crippen molar-refractivity contribution in [3.05, 3.63) is 126 Å². The van der Waals surface area contributed by atoms with Gasteiger partial charge >= 0.3 is 0 Å². The molecule has 6 nitrogen and oxygen atoms in total. The van der Waals surface area contributed by atoms with Crippen LogP contribution in [0.1, 0.15) is 29.2 Å². The third kappa shape index (κ3) is 4.15. The van der Waals surface area contributed by atoms with E-state index in [2.05, 4.69) is 12.1 Å². The van der Waals surface area contributed by atoms with Crippen LogP contribution in [0.15, 0.2) is 119 Å². The second-order valence-electron chi connectivity index (χ2n) is 9.39. The van der Waals surface area contributed by atoms with Gasteiger partial charge in [0.15, 0.2) is 0 Å². The van der Waals surface area contributed by atoms with Gasteiger partial charge in [-0.05, 0) is 55.0 Å². The molecule has 0 saturated heterocycles. The Hall–Kier alpha value is -4.36. The molecule has 1 atom stereocenters. The van der Waals surface area contributed by atoms with Crippen LogP contribution in [0.25, 0.3) is 10.9 Å². The van der Waals surface area contributed by atoms with Gasteiger partial charge in [0.25, 0.3) is 10.0 Å². The van der Waals surface area contributed by atoms with E-state index >= 15 is 0 Å². The van der Waals surface area contributed by atoms with E-state index in [0.717, 1.165) is 39.2 Å². The van der Waals surface area contributed by atoms with Crippen LogP contribution in [-0.4, -0.2) is 25.2 Å². The second-order valence-corrected chi connectivity index (χ2v) is 11.2. The fourth-order valence-corrected chi connectivity index (χ4v) is 6.35. The number of methoxy groups -OCH3 is 1. The van der Waals surface area contributed by atoms with E-state index in [-0.39, 0.29) is 10.9 Å². The monoisotopic (exact) mass is 521 g/mol. The van der Waals surface area contributed by atoms with Crippen molar-refractivity contribution in [3.8, 4) is 5.75 Å². The van der Waals surface area contributed by atoms with E-state index in [0.29, 0.717) is 11.9 Å². The van der Waals surface area contributed by atoms with E-state index in [1.165, 1.54) is 3.97 Å². The van der Waals surface area contributed by atoms with Gasteiger partial charge < -0.3 is 4.74 Å². The van der Waals surface area contributed by atoms with Crippen molar-refractivity contribution in [2.45, 2.75) is 24.3 Å². The number of hydrogen-bond donors (Lipinski definition) is 0. The van der Waals surface area contributed by atoms with Gasteiger partial charge in [0.05, 0.1) is 35.0 Å². The molecule has 1 aliphatic heterocycles. The number of aryl methyl sites for hydroxylation is 1. The van der Waals surface area contributed by atoms with E-state index < -0.39 is 10.0 Å². The maximum Gasteiger partial charge on any atom is 0.268 e. The van der Waals surface area contributed by atoms with E-state index in [1.54, 1.807) is 25.4 Å². The molecular weight excluding hydrogens is 494 g/mol. The molecule has 0 spiro atoms. The normalized spacial score (nSPS) is 15.6. The van der Waals surface area contributed by atoms with Crippen LogP contribution in [0.3, 0.4) is 0 Å². The zero-order chi connectivity index (χ0) is 26.3. The molecule has 0 amide bonds. The predicted octanol–water partition coefficient (Wildman–Crippen LogP) is 6.55. The number of fused-ring (bicyclic) bond motifs is 1. The lowest BCUT2D eigenvalue weighted by Gasteiger charge is -2.24. The molecule has 1 unspecified atom stereocenters. The average Bonchev–Trinajstić information content (AvgIpc) is 3.57. The van der Waals surface area contributed by atoms with Crippen molar-refractivity contribution in [1.82, 2.24) is 3.97 Å². The second kappa shape index (κ2) is 9.50. The lowest BCUT2D eigenvalue weighted by molar-refractivity contribution is 0.414. The summed E-state index contributed by atoms with van der Waals surface area (Å²) in [5.74, 6) is 0.795. The first-order valence-corrected chi connectivity index (χ1v) is 13.9. The molecule has 6 rings (SSSR count). The van der Waals surface area contributed by atoms with Crippen molar-refractivity contribution in [3.63, 3.8) is 0 Å². The Balaban J connectivity index is 1.48. The molecule has 5 aromatic rings. The van der Waals surface area contributed by atoms with Crippen LogP contribution in [-0.2, 0) is 10.0 Å². The molecule has 0 saturated carbocycles. The first-order chi connectivity index (χ1) is 18.5. The smallest absolute Gasteiger partial charge is 0.268 e. The number of hydrogen-bond acceptors (Lipinski definition) is 5. The van der Waals surface area contributed by atoms with Crippen molar-refractivity contribution in [1.29, 1.82) is 0 Å². The molecule has 7 heteroatoms. The molecule has 1 aromatic heterocycles. The summed E-state index contributed by atoms with van der Waals surface area (Å²) in [5.41, 5.74) is 5.36. The Bertz CT molecular complexity index is 1740. The van der Waals surface area contributed by atoms with Gasteiger partial charge in [0.1, 0.15) is 5.75 Å². The van der Waals surface area contributed by atoms with Crippen molar-refractivity contribution < 1.29 is 13.2 Å². The summed E-state index contributed by atoms with van der Waals surface area (Å²) in [6, 6.07) is 32.6. The third-order valence-electron chi connectivity index (χ3n) is 7.00. The van der Waals surface area contributed by atoms with Crippen molar-refractivity contribution in [2.75, 3.05) is 12.1 Å².